The first-order valence-electron chi connectivity index (χ1n) is 11.5. The van der Waals surface area contributed by atoms with E-state index >= 15 is 0 Å². The minimum absolute atomic E-state index is 0.0942. The number of phenolic OH excluding ortho intramolecular Hbond substituents is 1. The molecule has 2 N–H and O–H groups in total. The van der Waals surface area contributed by atoms with Gasteiger partial charge < -0.3 is 24.7 Å². The summed E-state index contributed by atoms with van der Waals surface area (Å²) in [6.45, 7) is 5.94. The molecule has 3 rings (SSSR count). The molecule has 0 aliphatic rings. The highest BCUT2D eigenvalue weighted by Crippen LogP contribution is 2.26. The highest BCUT2D eigenvalue weighted by molar-refractivity contribution is 6.30. The van der Waals surface area contributed by atoms with E-state index in [4.69, 9.17) is 16.3 Å². The number of aliphatic hydroxyl groups is 1. The lowest BCUT2D eigenvalue weighted by Crippen LogP contribution is -2.40. The van der Waals surface area contributed by atoms with Crippen molar-refractivity contribution in [1.82, 2.24) is 4.90 Å². The molecule has 0 aromatic heterocycles. The number of rotatable bonds is 8. The summed E-state index contributed by atoms with van der Waals surface area (Å²) in [6.07, 6.45) is -0.755. The molecule has 0 saturated carbocycles. The number of aromatic hydroxyl groups is 1. The van der Waals surface area contributed by atoms with Crippen LogP contribution in [0, 0.1) is 0 Å². The number of aliphatic hydroxyl groups excluding tert-OH is 1. The van der Waals surface area contributed by atoms with E-state index in [-0.39, 0.29) is 12.3 Å². The van der Waals surface area contributed by atoms with Crippen molar-refractivity contribution in [3.05, 3.63) is 88.9 Å². The number of nitrogens with zero attached hydrogens (tertiary/aromatic N) is 2. The normalized spacial score (nSPS) is 12.2. The topological polar surface area (TPSA) is 73.2 Å². The zero-order valence-electron chi connectivity index (χ0n) is 20.6. The number of halogens is 1. The molecule has 0 spiro atoms. The van der Waals surface area contributed by atoms with Crippen molar-refractivity contribution < 1.29 is 19.7 Å². The molecule has 35 heavy (non-hydrogen) atoms. The van der Waals surface area contributed by atoms with Crippen LogP contribution in [0.15, 0.2) is 72.8 Å². The van der Waals surface area contributed by atoms with Crippen molar-refractivity contribution in [1.29, 1.82) is 0 Å². The van der Waals surface area contributed by atoms with E-state index in [9.17, 15) is 15.0 Å². The van der Waals surface area contributed by atoms with E-state index in [1.54, 1.807) is 36.4 Å². The standard InChI is InChI=1S/C28H33ClN2O4/c1-28(2,3)35-27(34)31(19-26(33)21-6-5-7-22(29)18-21)17-16-20-8-10-23(11-9-20)30(4)24-12-14-25(32)15-13-24/h5-15,18,26,32-33H,16-17,19H2,1-4H3/t26-/m0/s1. The zero-order chi connectivity index (χ0) is 25.6. The first-order valence-corrected chi connectivity index (χ1v) is 11.9. The summed E-state index contributed by atoms with van der Waals surface area (Å²) in [7, 11) is 1.96. The largest absolute Gasteiger partial charge is 0.508 e. The van der Waals surface area contributed by atoms with Crippen molar-refractivity contribution >= 4 is 29.1 Å². The van der Waals surface area contributed by atoms with Crippen LogP contribution < -0.4 is 4.90 Å². The van der Waals surface area contributed by atoms with Gasteiger partial charge in [-0.2, -0.15) is 0 Å². The van der Waals surface area contributed by atoms with E-state index < -0.39 is 17.8 Å². The summed E-state index contributed by atoms with van der Waals surface area (Å²) in [5, 5.41) is 20.8. The number of ether oxygens (including phenoxy) is 1. The summed E-state index contributed by atoms with van der Waals surface area (Å²) in [4.78, 5) is 16.4. The van der Waals surface area contributed by atoms with Crippen molar-refractivity contribution in [2.45, 2.75) is 38.9 Å². The Hall–Kier alpha value is -3.22. The van der Waals surface area contributed by atoms with Crippen molar-refractivity contribution in [2.24, 2.45) is 0 Å². The van der Waals surface area contributed by atoms with Crippen LogP contribution in [0.2, 0.25) is 5.02 Å². The maximum Gasteiger partial charge on any atom is 0.410 e. The fourth-order valence-corrected chi connectivity index (χ4v) is 3.79. The quantitative estimate of drug-likeness (QED) is 0.381. The van der Waals surface area contributed by atoms with Crippen LogP contribution >= 0.6 is 11.6 Å². The van der Waals surface area contributed by atoms with Crippen LogP contribution in [0.5, 0.6) is 5.75 Å². The second-order valence-electron chi connectivity index (χ2n) is 9.49. The SMILES string of the molecule is CN(c1ccc(O)cc1)c1ccc(CCN(C[C@H](O)c2cccc(Cl)c2)C(=O)OC(C)(C)C)cc1. The number of benzene rings is 3. The molecule has 6 nitrogen and oxygen atoms in total. The number of carbonyl (C=O) groups is 1. The van der Waals surface area contributed by atoms with Gasteiger partial charge in [-0.25, -0.2) is 4.79 Å². The zero-order valence-corrected chi connectivity index (χ0v) is 21.4. The number of amides is 1. The Labute approximate surface area is 212 Å². The second-order valence-corrected chi connectivity index (χ2v) is 9.93. The first kappa shape index (κ1) is 26.4. The van der Waals surface area contributed by atoms with Crippen LogP contribution in [0.4, 0.5) is 16.2 Å². The van der Waals surface area contributed by atoms with Crippen molar-refractivity contribution in [3.8, 4) is 5.75 Å². The van der Waals surface area contributed by atoms with Gasteiger partial charge in [-0.15, -0.1) is 0 Å². The molecule has 1 amide bonds. The molecule has 0 unspecified atom stereocenters. The lowest BCUT2D eigenvalue weighted by Gasteiger charge is -2.29. The van der Waals surface area contributed by atoms with Crippen LogP contribution in [0.25, 0.3) is 0 Å². The maximum atomic E-state index is 12.9. The fraction of sp³-hybridized carbons (Fsp3) is 0.321. The number of carbonyl (C=O) groups excluding carboxylic acids is 1. The van der Waals surface area contributed by atoms with Gasteiger partial charge >= 0.3 is 6.09 Å². The summed E-state index contributed by atoms with van der Waals surface area (Å²) < 4.78 is 5.58. The predicted molar refractivity (Wildman–Crippen MR) is 141 cm³/mol. The van der Waals surface area contributed by atoms with E-state index in [2.05, 4.69) is 0 Å². The van der Waals surface area contributed by atoms with Gasteiger partial charge in [-0.3, -0.25) is 0 Å². The predicted octanol–water partition coefficient (Wildman–Crippen LogP) is 6.33. The molecule has 0 saturated heterocycles. The van der Waals surface area contributed by atoms with Gasteiger partial charge in [0.15, 0.2) is 0 Å². The average Bonchev–Trinajstić information content (AvgIpc) is 2.81. The highest BCUT2D eigenvalue weighted by atomic mass is 35.5. The van der Waals surface area contributed by atoms with Gasteiger partial charge in [0, 0.05) is 30.0 Å². The van der Waals surface area contributed by atoms with E-state index in [1.165, 1.54) is 4.90 Å². The number of hydrogen-bond acceptors (Lipinski definition) is 5. The summed E-state index contributed by atoms with van der Waals surface area (Å²) in [6, 6.07) is 22.1. The molecule has 0 heterocycles. The Morgan fingerprint density at radius 2 is 1.60 bits per heavy atom. The fourth-order valence-electron chi connectivity index (χ4n) is 3.59. The average molecular weight is 497 g/mol. The van der Waals surface area contributed by atoms with E-state index in [0.717, 1.165) is 16.9 Å². The molecule has 1 atom stereocenters. The van der Waals surface area contributed by atoms with E-state index in [1.807, 2.05) is 69.1 Å². The van der Waals surface area contributed by atoms with Crippen molar-refractivity contribution in [3.63, 3.8) is 0 Å². The summed E-state index contributed by atoms with van der Waals surface area (Å²) >= 11 is 6.07. The monoisotopic (exact) mass is 496 g/mol. The molecular formula is C28H33ClN2O4. The minimum Gasteiger partial charge on any atom is -0.508 e. The Morgan fingerprint density at radius 1 is 1.00 bits per heavy atom. The lowest BCUT2D eigenvalue weighted by molar-refractivity contribution is 0.0147. The first-order chi connectivity index (χ1) is 16.5. The van der Waals surface area contributed by atoms with Crippen molar-refractivity contribution in [2.75, 3.05) is 25.0 Å². The molecule has 0 radical (unpaired) electrons. The molecule has 0 bridgehead atoms. The third-order valence-corrected chi connectivity index (χ3v) is 5.74. The number of phenols is 1. The van der Waals surface area contributed by atoms with Gasteiger partial charge in [-0.1, -0.05) is 35.9 Å². The highest BCUT2D eigenvalue weighted by Gasteiger charge is 2.24. The van der Waals surface area contributed by atoms with Gasteiger partial charge in [0.2, 0.25) is 0 Å². The van der Waals surface area contributed by atoms with E-state index in [0.29, 0.717) is 23.6 Å². The Balaban J connectivity index is 1.68. The Morgan fingerprint density at radius 3 is 2.17 bits per heavy atom. The third-order valence-electron chi connectivity index (χ3n) is 5.51. The maximum absolute atomic E-state index is 12.9. The minimum atomic E-state index is -0.887. The number of hydrogen-bond donors (Lipinski definition) is 2. The summed E-state index contributed by atoms with van der Waals surface area (Å²) in [5.74, 6) is 0.229. The van der Waals surface area contributed by atoms with Gasteiger partial charge in [0.05, 0.1) is 12.6 Å². The smallest absolute Gasteiger partial charge is 0.410 e. The van der Waals surface area contributed by atoms with Gasteiger partial charge in [0.1, 0.15) is 11.4 Å². The molecular weight excluding hydrogens is 464 g/mol. The molecule has 3 aromatic carbocycles. The molecule has 0 aliphatic heterocycles. The number of anilines is 2. The molecule has 0 fully saturated rings. The Kier molecular flexibility index (Phi) is 8.65. The molecule has 0 aliphatic carbocycles. The lowest BCUT2D eigenvalue weighted by atomic mass is 10.1. The van der Waals surface area contributed by atoms with Crippen LogP contribution in [0.3, 0.4) is 0 Å². The molecule has 7 heteroatoms. The second kappa shape index (κ2) is 11.5. The molecule has 3 aromatic rings. The van der Waals surface area contributed by atoms with Gasteiger partial charge in [-0.05, 0) is 86.8 Å². The van der Waals surface area contributed by atoms with Crippen LogP contribution in [0.1, 0.15) is 38.0 Å². The third kappa shape index (κ3) is 7.91. The Bertz CT molecular complexity index is 1110. The molecule has 186 valence electrons. The summed E-state index contributed by atoms with van der Waals surface area (Å²) in [5.41, 5.74) is 3.02. The van der Waals surface area contributed by atoms with Crippen LogP contribution in [-0.2, 0) is 11.2 Å². The van der Waals surface area contributed by atoms with Crippen LogP contribution in [-0.4, -0.2) is 46.9 Å². The van der Waals surface area contributed by atoms with Gasteiger partial charge in [0.25, 0.3) is 0 Å².